The SMILES string of the molecule is CCOc1ccc(CC(=O)NNC(=O)COc2ccc(C)cc2)cc1OCC. The summed E-state index contributed by atoms with van der Waals surface area (Å²) >= 11 is 0. The van der Waals surface area contributed by atoms with Crippen LogP contribution in [-0.4, -0.2) is 31.6 Å². The lowest BCUT2D eigenvalue weighted by Gasteiger charge is -2.13. The maximum absolute atomic E-state index is 12.1. The predicted octanol–water partition coefficient (Wildman–Crippen LogP) is 2.56. The lowest BCUT2D eigenvalue weighted by atomic mass is 10.1. The van der Waals surface area contributed by atoms with Crippen LogP contribution in [0.4, 0.5) is 0 Å². The Morgan fingerprint density at radius 3 is 2.14 bits per heavy atom. The van der Waals surface area contributed by atoms with Crippen LogP contribution in [0.2, 0.25) is 0 Å². The molecule has 7 nitrogen and oxygen atoms in total. The lowest BCUT2D eigenvalue weighted by Crippen LogP contribution is -2.44. The van der Waals surface area contributed by atoms with Crippen molar-refractivity contribution in [2.24, 2.45) is 0 Å². The summed E-state index contributed by atoms with van der Waals surface area (Å²) in [4.78, 5) is 23.9. The number of hydrogen-bond acceptors (Lipinski definition) is 5. The molecule has 0 bridgehead atoms. The summed E-state index contributed by atoms with van der Waals surface area (Å²) in [5.74, 6) is 1.01. The average molecular weight is 386 g/mol. The second kappa shape index (κ2) is 10.8. The fourth-order valence-electron chi connectivity index (χ4n) is 2.39. The first-order valence-corrected chi connectivity index (χ1v) is 9.17. The van der Waals surface area contributed by atoms with Crippen LogP contribution >= 0.6 is 0 Å². The van der Waals surface area contributed by atoms with Gasteiger partial charge >= 0.3 is 0 Å². The first kappa shape index (κ1) is 21.1. The highest BCUT2D eigenvalue weighted by atomic mass is 16.5. The molecule has 0 fully saturated rings. The van der Waals surface area contributed by atoms with Gasteiger partial charge in [-0.1, -0.05) is 23.8 Å². The molecule has 0 spiro atoms. The molecule has 28 heavy (non-hydrogen) atoms. The van der Waals surface area contributed by atoms with Crippen LogP contribution in [0.5, 0.6) is 17.2 Å². The van der Waals surface area contributed by atoms with Gasteiger partial charge in [0.1, 0.15) is 5.75 Å². The van der Waals surface area contributed by atoms with Gasteiger partial charge in [-0.15, -0.1) is 0 Å². The Kier molecular flexibility index (Phi) is 8.14. The van der Waals surface area contributed by atoms with Gasteiger partial charge in [0, 0.05) is 0 Å². The van der Waals surface area contributed by atoms with Crippen LogP contribution in [0, 0.1) is 6.92 Å². The van der Waals surface area contributed by atoms with E-state index in [2.05, 4.69) is 10.9 Å². The molecule has 150 valence electrons. The Hall–Kier alpha value is -3.22. The van der Waals surface area contributed by atoms with Gasteiger partial charge in [-0.25, -0.2) is 0 Å². The lowest BCUT2D eigenvalue weighted by molar-refractivity contribution is -0.129. The molecule has 0 aliphatic heterocycles. The zero-order chi connectivity index (χ0) is 20.4. The Bertz CT molecular complexity index is 790. The maximum Gasteiger partial charge on any atom is 0.276 e. The van der Waals surface area contributed by atoms with Gasteiger partial charge in [0.15, 0.2) is 18.1 Å². The van der Waals surface area contributed by atoms with Crippen LogP contribution < -0.4 is 25.1 Å². The molecule has 7 heteroatoms. The van der Waals surface area contributed by atoms with Crippen LogP contribution in [0.3, 0.4) is 0 Å². The first-order valence-electron chi connectivity index (χ1n) is 9.17. The number of aryl methyl sites for hydroxylation is 1. The molecule has 0 unspecified atom stereocenters. The minimum absolute atomic E-state index is 0.0889. The summed E-state index contributed by atoms with van der Waals surface area (Å²) in [7, 11) is 0. The van der Waals surface area contributed by atoms with Gasteiger partial charge in [0.2, 0.25) is 5.91 Å². The molecule has 0 aromatic heterocycles. The van der Waals surface area contributed by atoms with Crippen LogP contribution in [0.25, 0.3) is 0 Å². The second-order valence-electron chi connectivity index (χ2n) is 6.02. The third-order valence-corrected chi connectivity index (χ3v) is 3.70. The molecule has 0 aliphatic carbocycles. The Labute approximate surface area is 165 Å². The monoisotopic (exact) mass is 386 g/mol. The van der Waals surface area contributed by atoms with Crippen molar-refractivity contribution in [1.29, 1.82) is 0 Å². The molecule has 2 N–H and O–H groups in total. The van der Waals surface area contributed by atoms with Crippen LogP contribution in [0.1, 0.15) is 25.0 Å². The van der Waals surface area contributed by atoms with Gasteiger partial charge < -0.3 is 14.2 Å². The maximum atomic E-state index is 12.1. The number of hydrazine groups is 1. The van der Waals surface area contributed by atoms with Crippen molar-refractivity contribution >= 4 is 11.8 Å². The number of rotatable bonds is 9. The normalized spacial score (nSPS) is 10.1. The molecule has 2 amide bonds. The second-order valence-corrected chi connectivity index (χ2v) is 6.02. The van der Waals surface area contributed by atoms with Gasteiger partial charge in [-0.05, 0) is 50.6 Å². The molecule has 0 saturated carbocycles. The molecule has 0 radical (unpaired) electrons. The number of amides is 2. The molecule has 2 aromatic rings. The Balaban J connectivity index is 1.80. The minimum Gasteiger partial charge on any atom is -0.490 e. The van der Waals surface area contributed by atoms with Crippen molar-refractivity contribution in [3.63, 3.8) is 0 Å². The zero-order valence-electron chi connectivity index (χ0n) is 16.4. The van der Waals surface area contributed by atoms with E-state index in [1.54, 1.807) is 30.3 Å². The fraction of sp³-hybridized carbons (Fsp3) is 0.333. The number of ether oxygens (including phenoxy) is 3. The number of carbonyl (C=O) groups excluding carboxylic acids is 2. The smallest absolute Gasteiger partial charge is 0.276 e. The summed E-state index contributed by atoms with van der Waals surface area (Å²) in [6.07, 6.45) is 0.0889. The molecule has 0 saturated heterocycles. The summed E-state index contributed by atoms with van der Waals surface area (Å²) in [5, 5.41) is 0. The van der Waals surface area contributed by atoms with Crippen LogP contribution in [0.15, 0.2) is 42.5 Å². The number of nitrogens with one attached hydrogen (secondary N) is 2. The van der Waals surface area contributed by atoms with E-state index in [4.69, 9.17) is 14.2 Å². The Morgan fingerprint density at radius 2 is 1.46 bits per heavy atom. The van der Waals surface area contributed by atoms with Crippen molar-refractivity contribution in [1.82, 2.24) is 10.9 Å². The standard InChI is InChI=1S/C21H26N2O5/c1-4-26-18-11-8-16(12-19(18)27-5-2)13-20(24)22-23-21(25)14-28-17-9-6-15(3)7-10-17/h6-12H,4-5,13-14H2,1-3H3,(H,22,24)(H,23,25). The van der Waals surface area contributed by atoms with Gasteiger partial charge in [-0.3, -0.25) is 20.4 Å². The average Bonchev–Trinajstić information content (AvgIpc) is 2.68. The van der Waals surface area contributed by atoms with Gasteiger partial charge in [-0.2, -0.15) is 0 Å². The predicted molar refractivity (Wildman–Crippen MR) is 105 cm³/mol. The molecule has 2 rings (SSSR count). The quantitative estimate of drug-likeness (QED) is 0.647. The Morgan fingerprint density at radius 1 is 0.821 bits per heavy atom. The van der Waals surface area contributed by atoms with E-state index in [0.29, 0.717) is 30.5 Å². The van der Waals surface area contributed by atoms with E-state index in [1.165, 1.54) is 0 Å². The fourth-order valence-corrected chi connectivity index (χ4v) is 2.39. The highest BCUT2D eigenvalue weighted by Crippen LogP contribution is 2.28. The third-order valence-electron chi connectivity index (χ3n) is 3.70. The summed E-state index contributed by atoms with van der Waals surface area (Å²) in [5.41, 5.74) is 6.56. The highest BCUT2D eigenvalue weighted by molar-refractivity contribution is 5.84. The van der Waals surface area contributed by atoms with Crippen molar-refractivity contribution in [3.05, 3.63) is 53.6 Å². The van der Waals surface area contributed by atoms with E-state index >= 15 is 0 Å². The third kappa shape index (κ3) is 6.83. The molecular weight excluding hydrogens is 360 g/mol. The summed E-state index contributed by atoms with van der Waals surface area (Å²) in [6.45, 7) is 6.56. The van der Waals surface area contributed by atoms with Crippen LogP contribution in [-0.2, 0) is 16.0 Å². The van der Waals surface area contributed by atoms with Crippen molar-refractivity contribution in [2.75, 3.05) is 19.8 Å². The van der Waals surface area contributed by atoms with Gasteiger partial charge in [0.05, 0.1) is 19.6 Å². The highest BCUT2D eigenvalue weighted by Gasteiger charge is 2.10. The van der Waals surface area contributed by atoms with Crippen molar-refractivity contribution < 1.29 is 23.8 Å². The van der Waals surface area contributed by atoms with Crippen molar-refractivity contribution in [2.45, 2.75) is 27.2 Å². The molecular formula is C21H26N2O5. The van der Waals surface area contributed by atoms with Crippen molar-refractivity contribution in [3.8, 4) is 17.2 Å². The number of benzene rings is 2. The molecule has 2 aromatic carbocycles. The topological polar surface area (TPSA) is 85.9 Å². The van der Waals surface area contributed by atoms with Gasteiger partial charge in [0.25, 0.3) is 5.91 Å². The zero-order valence-corrected chi connectivity index (χ0v) is 16.4. The number of carbonyl (C=O) groups is 2. The summed E-state index contributed by atoms with van der Waals surface area (Å²) < 4.78 is 16.4. The largest absolute Gasteiger partial charge is 0.490 e. The first-order chi connectivity index (χ1) is 13.5. The number of hydrogen-bond donors (Lipinski definition) is 2. The van der Waals surface area contributed by atoms with E-state index in [9.17, 15) is 9.59 Å². The summed E-state index contributed by atoms with van der Waals surface area (Å²) in [6, 6.07) is 12.7. The van der Waals surface area contributed by atoms with E-state index in [-0.39, 0.29) is 18.9 Å². The minimum atomic E-state index is -0.448. The van der Waals surface area contributed by atoms with E-state index in [1.807, 2.05) is 32.9 Å². The molecule has 0 aliphatic rings. The van der Waals surface area contributed by atoms with E-state index < -0.39 is 5.91 Å². The molecule has 0 heterocycles. The van der Waals surface area contributed by atoms with E-state index in [0.717, 1.165) is 11.1 Å². The molecule has 0 atom stereocenters.